The van der Waals surface area contributed by atoms with Gasteiger partial charge < -0.3 is 29.1 Å². The Bertz CT molecular complexity index is 1170. The lowest BCUT2D eigenvalue weighted by molar-refractivity contribution is -0.858. The third-order valence-electron chi connectivity index (χ3n) is 6.51. The molecule has 0 spiro atoms. The largest absolute Gasteiger partial charge is 0.507 e. The number of likely N-dealkylation sites (tertiary alicyclic amines) is 1. The molecule has 0 aliphatic carbocycles. The average Bonchev–Trinajstić information content (AvgIpc) is 3.33. The van der Waals surface area contributed by atoms with Crippen LogP contribution in [0.3, 0.4) is 0 Å². The number of Topliss-reactive ketones (excluding diaryl/α,β-unsaturated/α-hetero) is 1. The highest BCUT2D eigenvalue weighted by molar-refractivity contribution is 6.46. The van der Waals surface area contributed by atoms with Crippen LogP contribution in [0.4, 0.5) is 0 Å². The summed E-state index contributed by atoms with van der Waals surface area (Å²) in [4.78, 5) is 29.2. The number of carbonyl (C=O) groups is 2. The Labute approximate surface area is 205 Å². The summed E-state index contributed by atoms with van der Waals surface area (Å²) in [6, 6.07) is 9.92. The molecule has 0 saturated carbocycles. The first-order valence-corrected chi connectivity index (χ1v) is 11.8. The Morgan fingerprint density at radius 2 is 1.86 bits per heavy atom. The van der Waals surface area contributed by atoms with Crippen LogP contribution in [0.1, 0.15) is 36.1 Å². The lowest BCUT2D eigenvalue weighted by Gasteiger charge is -2.26. The van der Waals surface area contributed by atoms with Crippen LogP contribution in [0.25, 0.3) is 5.76 Å². The van der Waals surface area contributed by atoms with Crippen LogP contribution in [-0.2, 0) is 16.0 Å². The Kier molecular flexibility index (Phi) is 7.03. The van der Waals surface area contributed by atoms with E-state index in [-0.39, 0.29) is 17.4 Å². The fraction of sp³-hybridized carbons (Fsp3) is 0.407. The molecule has 0 radical (unpaired) electrons. The van der Waals surface area contributed by atoms with Crippen molar-refractivity contribution in [3.8, 4) is 17.2 Å². The molecule has 1 saturated heterocycles. The number of hydrogen-bond donors (Lipinski definition) is 2. The molecule has 186 valence electrons. The smallest absolute Gasteiger partial charge is 0.295 e. The minimum atomic E-state index is -0.740. The number of fused-ring (bicyclic) bond motifs is 1. The Morgan fingerprint density at radius 3 is 2.54 bits per heavy atom. The second-order valence-electron chi connectivity index (χ2n) is 9.37. The maximum absolute atomic E-state index is 13.3. The molecule has 8 nitrogen and oxygen atoms in total. The molecule has 4 rings (SSSR count). The van der Waals surface area contributed by atoms with Crippen molar-refractivity contribution in [2.45, 2.75) is 31.9 Å². The molecule has 0 aromatic heterocycles. The van der Waals surface area contributed by atoms with E-state index < -0.39 is 17.7 Å². The topological polar surface area (TPSA) is 89.7 Å². The number of amides is 1. The Balaban J connectivity index is 1.81. The standard InChI is InChI=1S/C27H32N2O6/c1-16-13-19-14-18(8-9-20(19)35-16)25(30)23-24(17-7-10-21(33-4)22(15-17)34-5)29(27(32)26(23)31)12-6-11-28(2)3/h7-10,14-16,24,30H,6,11-13H2,1-5H3/p+1/t16-,24-/m1/s1. The van der Waals surface area contributed by atoms with Gasteiger partial charge >= 0.3 is 0 Å². The number of aliphatic hydroxyl groups excluding tert-OH is 1. The maximum Gasteiger partial charge on any atom is 0.295 e. The molecule has 2 aliphatic heterocycles. The van der Waals surface area contributed by atoms with Gasteiger partial charge in [0.15, 0.2) is 11.5 Å². The van der Waals surface area contributed by atoms with Crippen LogP contribution in [-0.4, -0.2) is 69.2 Å². The molecule has 8 heteroatoms. The van der Waals surface area contributed by atoms with Gasteiger partial charge in [0.2, 0.25) is 0 Å². The fourth-order valence-corrected chi connectivity index (χ4v) is 4.81. The number of quaternary nitrogens is 1. The third-order valence-corrected chi connectivity index (χ3v) is 6.51. The zero-order valence-electron chi connectivity index (χ0n) is 20.9. The van der Waals surface area contributed by atoms with E-state index in [0.29, 0.717) is 35.6 Å². The van der Waals surface area contributed by atoms with E-state index in [9.17, 15) is 14.7 Å². The minimum absolute atomic E-state index is 0.0542. The number of carbonyl (C=O) groups excluding carboxylic acids is 2. The number of nitrogens with one attached hydrogen (secondary N) is 1. The molecule has 2 aliphatic rings. The highest BCUT2D eigenvalue weighted by atomic mass is 16.5. The molecule has 2 N–H and O–H groups in total. The first-order valence-electron chi connectivity index (χ1n) is 11.8. The molecule has 2 heterocycles. The normalized spacial score (nSPS) is 20.8. The minimum Gasteiger partial charge on any atom is -0.507 e. The van der Waals surface area contributed by atoms with Crippen molar-refractivity contribution in [3.63, 3.8) is 0 Å². The predicted octanol–water partition coefficient (Wildman–Crippen LogP) is 1.98. The second kappa shape index (κ2) is 10.00. The van der Waals surface area contributed by atoms with Gasteiger partial charge in [0.05, 0.1) is 46.5 Å². The van der Waals surface area contributed by atoms with Gasteiger partial charge in [-0.15, -0.1) is 0 Å². The number of ketones is 1. The van der Waals surface area contributed by atoms with Crippen molar-refractivity contribution >= 4 is 17.4 Å². The highest BCUT2D eigenvalue weighted by Crippen LogP contribution is 2.42. The number of ether oxygens (including phenoxy) is 3. The zero-order valence-corrected chi connectivity index (χ0v) is 20.9. The van der Waals surface area contributed by atoms with E-state index in [1.807, 2.05) is 27.1 Å². The van der Waals surface area contributed by atoms with Gasteiger partial charge in [0.1, 0.15) is 17.6 Å². The van der Waals surface area contributed by atoms with Crippen molar-refractivity contribution in [1.82, 2.24) is 4.90 Å². The van der Waals surface area contributed by atoms with E-state index in [4.69, 9.17) is 14.2 Å². The summed E-state index contributed by atoms with van der Waals surface area (Å²) in [6.07, 6.45) is 1.49. The summed E-state index contributed by atoms with van der Waals surface area (Å²) in [5.74, 6) is 0.306. The van der Waals surface area contributed by atoms with Crippen molar-refractivity contribution in [2.75, 3.05) is 41.4 Å². The van der Waals surface area contributed by atoms with Gasteiger partial charge in [0.25, 0.3) is 11.7 Å². The number of benzene rings is 2. The van der Waals surface area contributed by atoms with E-state index in [2.05, 4.69) is 0 Å². The monoisotopic (exact) mass is 481 g/mol. The van der Waals surface area contributed by atoms with Crippen LogP contribution in [0, 0.1) is 0 Å². The van der Waals surface area contributed by atoms with Gasteiger partial charge in [-0.05, 0) is 48.4 Å². The third kappa shape index (κ3) is 4.71. The quantitative estimate of drug-likeness (QED) is 0.341. The van der Waals surface area contributed by atoms with Crippen LogP contribution in [0.2, 0.25) is 0 Å². The van der Waals surface area contributed by atoms with Crippen LogP contribution in [0.15, 0.2) is 42.0 Å². The molecule has 0 unspecified atom stereocenters. The zero-order chi connectivity index (χ0) is 25.3. The molecule has 2 aromatic carbocycles. The average molecular weight is 482 g/mol. The van der Waals surface area contributed by atoms with E-state index in [1.54, 1.807) is 42.3 Å². The maximum atomic E-state index is 13.3. The molecule has 2 atom stereocenters. The molecule has 2 aromatic rings. The summed E-state index contributed by atoms with van der Waals surface area (Å²) in [6.45, 7) is 3.21. The van der Waals surface area contributed by atoms with Crippen molar-refractivity contribution in [2.24, 2.45) is 0 Å². The van der Waals surface area contributed by atoms with Crippen LogP contribution < -0.4 is 19.1 Å². The highest BCUT2D eigenvalue weighted by Gasteiger charge is 2.46. The summed E-state index contributed by atoms with van der Waals surface area (Å²) in [5, 5.41) is 11.4. The van der Waals surface area contributed by atoms with E-state index in [1.165, 1.54) is 12.0 Å². The van der Waals surface area contributed by atoms with Crippen LogP contribution >= 0.6 is 0 Å². The number of aliphatic hydroxyl groups is 1. The number of rotatable bonds is 8. The van der Waals surface area contributed by atoms with Gasteiger partial charge in [-0.1, -0.05) is 6.07 Å². The summed E-state index contributed by atoms with van der Waals surface area (Å²) >= 11 is 0. The summed E-state index contributed by atoms with van der Waals surface area (Å²) in [7, 11) is 7.16. The predicted molar refractivity (Wildman–Crippen MR) is 131 cm³/mol. The van der Waals surface area contributed by atoms with Gasteiger partial charge in [0, 0.05) is 24.9 Å². The number of nitrogens with zero attached hydrogens (tertiary/aromatic N) is 1. The molecular formula is C27H33N2O6+. The fourth-order valence-electron chi connectivity index (χ4n) is 4.81. The van der Waals surface area contributed by atoms with Crippen molar-refractivity contribution in [1.29, 1.82) is 0 Å². The molecule has 35 heavy (non-hydrogen) atoms. The molecule has 0 bridgehead atoms. The number of methoxy groups -OCH3 is 2. The lowest BCUT2D eigenvalue weighted by Crippen LogP contribution is -3.05. The van der Waals surface area contributed by atoms with Crippen molar-refractivity contribution < 1.29 is 33.8 Å². The lowest BCUT2D eigenvalue weighted by atomic mass is 9.94. The van der Waals surface area contributed by atoms with Crippen molar-refractivity contribution in [3.05, 3.63) is 58.7 Å². The van der Waals surface area contributed by atoms with E-state index >= 15 is 0 Å². The van der Waals surface area contributed by atoms with Gasteiger partial charge in [-0.2, -0.15) is 0 Å². The first kappa shape index (κ1) is 24.6. The molecule has 1 fully saturated rings. The second-order valence-corrected chi connectivity index (χ2v) is 9.37. The SMILES string of the molecule is COc1ccc([C@@H]2C(=C(O)c3ccc4c(c3)C[C@@H](C)O4)C(=O)C(=O)N2CCC[NH+](C)C)cc1OC. The Hall–Kier alpha value is -3.52. The first-order chi connectivity index (χ1) is 16.7. The van der Waals surface area contributed by atoms with Gasteiger partial charge in [-0.25, -0.2) is 0 Å². The van der Waals surface area contributed by atoms with E-state index in [0.717, 1.165) is 24.3 Å². The van der Waals surface area contributed by atoms with Crippen LogP contribution in [0.5, 0.6) is 17.2 Å². The molecule has 1 amide bonds. The number of hydrogen-bond acceptors (Lipinski definition) is 6. The Morgan fingerprint density at radius 1 is 1.11 bits per heavy atom. The van der Waals surface area contributed by atoms with Gasteiger partial charge in [-0.3, -0.25) is 9.59 Å². The molecular weight excluding hydrogens is 448 g/mol. The summed E-state index contributed by atoms with van der Waals surface area (Å²) < 4.78 is 16.6. The summed E-state index contributed by atoms with van der Waals surface area (Å²) in [5.41, 5.74) is 2.19.